The van der Waals surface area contributed by atoms with Gasteiger partial charge in [-0.15, -0.1) is 0 Å². The minimum Gasteiger partial charge on any atom is -0.364 e. The number of aromatic nitrogens is 4. The van der Waals surface area contributed by atoms with Crippen molar-refractivity contribution in [1.29, 1.82) is 0 Å². The lowest BCUT2D eigenvalue weighted by molar-refractivity contribution is 0.410. The number of benzene rings is 1. The second kappa shape index (κ2) is 10.1. The first-order chi connectivity index (χ1) is 15.1. The van der Waals surface area contributed by atoms with E-state index < -0.39 is 0 Å². The van der Waals surface area contributed by atoms with E-state index in [9.17, 15) is 0 Å². The molecule has 1 aromatic carbocycles. The molecule has 7 nitrogen and oxygen atoms in total. The number of fused-ring (bicyclic) bond motifs is 1. The van der Waals surface area contributed by atoms with Crippen molar-refractivity contribution in [3.63, 3.8) is 0 Å². The minimum atomic E-state index is 0.323. The van der Waals surface area contributed by atoms with Gasteiger partial charge in [-0.3, -0.25) is 0 Å². The topological polar surface area (TPSA) is 93.7 Å². The summed E-state index contributed by atoms with van der Waals surface area (Å²) in [7, 11) is 0. The third-order valence-corrected chi connectivity index (χ3v) is 6.88. The van der Waals surface area contributed by atoms with Crippen molar-refractivity contribution in [3.8, 4) is 0 Å². The zero-order chi connectivity index (χ0) is 21.8. The average Bonchev–Trinajstić information content (AvgIpc) is 3.19. The van der Waals surface area contributed by atoms with Gasteiger partial charge in [-0.05, 0) is 78.8 Å². The summed E-state index contributed by atoms with van der Waals surface area (Å²) < 4.78 is 3.43. The Labute approximate surface area is 197 Å². The molecule has 3 aromatic rings. The molecule has 1 saturated carbocycles. The summed E-state index contributed by atoms with van der Waals surface area (Å²) in [5, 5.41) is 7.09. The van der Waals surface area contributed by atoms with E-state index >= 15 is 0 Å². The first-order valence-electron chi connectivity index (χ1n) is 11.3. The Hall–Kier alpha value is -1.94. The van der Waals surface area contributed by atoms with Crippen LogP contribution in [0.2, 0.25) is 0 Å². The van der Waals surface area contributed by atoms with Gasteiger partial charge in [0.15, 0.2) is 17.0 Å². The Bertz CT molecular complexity index is 1010. The van der Waals surface area contributed by atoms with E-state index in [1.807, 2.05) is 6.33 Å². The van der Waals surface area contributed by atoms with Crippen molar-refractivity contribution >= 4 is 45.5 Å². The number of nitrogens with one attached hydrogen (secondary N) is 2. The number of halogens is 1. The summed E-state index contributed by atoms with van der Waals surface area (Å²) in [5.41, 5.74) is 9.02. The largest absolute Gasteiger partial charge is 0.364 e. The molecule has 1 fully saturated rings. The molecule has 2 aromatic heterocycles. The summed E-state index contributed by atoms with van der Waals surface area (Å²) in [4.78, 5) is 14.4. The molecule has 8 heteroatoms. The Kier molecular flexibility index (Phi) is 7.27. The molecule has 0 atom stereocenters. The van der Waals surface area contributed by atoms with Crippen LogP contribution in [0.3, 0.4) is 0 Å². The zero-order valence-electron chi connectivity index (χ0n) is 18.3. The van der Waals surface area contributed by atoms with Crippen LogP contribution < -0.4 is 16.4 Å². The Balaban J connectivity index is 1.65. The second-order valence-corrected chi connectivity index (χ2v) is 9.68. The molecule has 0 spiro atoms. The van der Waals surface area contributed by atoms with Crippen molar-refractivity contribution in [3.05, 3.63) is 39.7 Å². The van der Waals surface area contributed by atoms with E-state index in [1.165, 1.54) is 9.13 Å². The smallest absolute Gasteiger partial charge is 0.227 e. The highest BCUT2D eigenvalue weighted by Gasteiger charge is 2.21. The van der Waals surface area contributed by atoms with Gasteiger partial charge in [0.2, 0.25) is 5.95 Å². The SMILES string of the molecule is CCC(CC)n1cnc2c(NCc3cccc(I)c3)nc(NC3CCC(N)CC3)nc21. The van der Waals surface area contributed by atoms with Gasteiger partial charge < -0.3 is 20.9 Å². The molecule has 0 aliphatic heterocycles. The maximum Gasteiger partial charge on any atom is 0.227 e. The van der Waals surface area contributed by atoms with Crippen LogP contribution in [0.5, 0.6) is 0 Å². The van der Waals surface area contributed by atoms with Crippen LogP contribution in [0.4, 0.5) is 11.8 Å². The Morgan fingerprint density at radius 3 is 2.65 bits per heavy atom. The van der Waals surface area contributed by atoms with E-state index in [0.717, 1.165) is 55.5 Å². The molecule has 1 aliphatic rings. The number of rotatable bonds is 8. The van der Waals surface area contributed by atoms with Gasteiger partial charge in [-0.1, -0.05) is 26.0 Å². The van der Waals surface area contributed by atoms with Crippen molar-refractivity contribution in [2.75, 3.05) is 10.6 Å². The fourth-order valence-corrected chi connectivity index (χ4v) is 4.94. The molecule has 31 heavy (non-hydrogen) atoms. The van der Waals surface area contributed by atoms with Crippen LogP contribution in [-0.4, -0.2) is 31.6 Å². The first-order valence-corrected chi connectivity index (χ1v) is 12.4. The molecular formula is C23H32IN7. The molecule has 0 saturated heterocycles. The second-order valence-electron chi connectivity index (χ2n) is 8.43. The highest BCUT2D eigenvalue weighted by Crippen LogP contribution is 2.28. The average molecular weight is 533 g/mol. The molecule has 2 heterocycles. The normalized spacial score (nSPS) is 19.1. The van der Waals surface area contributed by atoms with Gasteiger partial charge in [-0.2, -0.15) is 9.97 Å². The van der Waals surface area contributed by atoms with Gasteiger partial charge in [0, 0.05) is 28.2 Å². The first kappa shape index (κ1) is 22.3. The van der Waals surface area contributed by atoms with Crippen LogP contribution >= 0.6 is 22.6 Å². The zero-order valence-corrected chi connectivity index (χ0v) is 20.5. The number of imidazole rings is 1. The summed E-state index contributed by atoms with van der Waals surface area (Å²) in [6.45, 7) is 5.11. The third-order valence-electron chi connectivity index (χ3n) is 6.21. The van der Waals surface area contributed by atoms with E-state index in [1.54, 1.807) is 0 Å². The van der Waals surface area contributed by atoms with Gasteiger partial charge in [-0.25, -0.2) is 4.98 Å². The van der Waals surface area contributed by atoms with Gasteiger partial charge in [0.1, 0.15) is 0 Å². The molecule has 0 bridgehead atoms. The minimum absolute atomic E-state index is 0.323. The molecule has 4 N–H and O–H groups in total. The van der Waals surface area contributed by atoms with Crippen LogP contribution in [0, 0.1) is 3.57 Å². The van der Waals surface area contributed by atoms with Crippen LogP contribution in [-0.2, 0) is 6.54 Å². The molecule has 1 aliphatic carbocycles. The molecular weight excluding hydrogens is 501 g/mol. The third kappa shape index (κ3) is 5.28. The van der Waals surface area contributed by atoms with E-state index in [-0.39, 0.29) is 0 Å². The number of hydrogen-bond donors (Lipinski definition) is 3. The van der Waals surface area contributed by atoms with Crippen LogP contribution in [0.15, 0.2) is 30.6 Å². The van der Waals surface area contributed by atoms with Crippen molar-refractivity contribution in [1.82, 2.24) is 19.5 Å². The van der Waals surface area contributed by atoms with Crippen molar-refractivity contribution in [2.45, 2.75) is 77.0 Å². The molecule has 0 amide bonds. The summed E-state index contributed by atoms with van der Waals surface area (Å²) >= 11 is 2.34. The van der Waals surface area contributed by atoms with Gasteiger partial charge in [0.05, 0.1) is 6.33 Å². The molecule has 0 unspecified atom stereocenters. The lowest BCUT2D eigenvalue weighted by atomic mass is 9.92. The highest BCUT2D eigenvalue weighted by molar-refractivity contribution is 14.1. The lowest BCUT2D eigenvalue weighted by Crippen LogP contribution is -2.33. The highest BCUT2D eigenvalue weighted by atomic mass is 127. The molecule has 166 valence electrons. The van der Waals surface area contributed by atoms with E-state index in [2.05, 4.69) is 75.9 Å². The van der Waals surface area contributed by atoms with E-state index in [0.29, 0.717) is 30.6 Å². The monoisotopic (exact) mass is 533 g/mol. The number of nitrogens with zero attached hydrogens (tertiary/aromatic N) is 4. The Morgan fingerprint density at radius 2 is 1.94 bits per heavy atom. The van der Waals surface area contributed by atoms with Crippen LogP contribution in [0.25, 0.3) is 11.2 Å². The predicted molar refractivity (Wildman–Crippen MR) is 135 cm³/mol. The number of anilines is 2. The fraction of sp³-hybridized carbons (Fsp3) is 0.522. The quantitative estimate of drug-likeness (QED) is 0.350. The standard InChI is InChI=1S/C23H32IN7/c1-3-19(4-2)31-14-27-20-21(26-13-15-6-5-7-16(24)12-15)29-23(30-22(20)31)28-18-10-8-17(25)9-11-18/h5-7,12,14,17-19H,3-4,8-11,13,25H2,1-2H3,(H2,26,28,29,30). The summed E-state index contributed by atoms with van der Waals surface area (Å²) in [6, 6.07) is 9.55. The summed E-state index contributed by atoms with van der Waals surface area (Å²) in [6.07, 6.45) is 8.20. The van der Waals surface area contributed by atoms with Gasteiger partial charge in [0.25, 0.3) is 0 Å². The van der Waals surface area contributed by atoms with Crippen molar-refractivity contribution in [2.24, 2.45) is 5.73 Å². The number of hydrogen-bond acceptors (Lipinski definition) is 6. The predicted octanol–water partition coefficient (Wildman–Crippen LogP) is 5.09. The molecule has 0 radical (unpaired) electrons. The van der Waals surface area contributed by atoms with Crippen LogP contribution in [0.1, 0.15) is 64.0 Å². The maximum atomic E-state index is 6.08. The Morgan fingerprint density at radius 1 is 1.16 bits per heavy atom. The van der Waals surface area contributed by atoms with E-state index in [4.69, 9.17) is 20.7 Å². The molecule has 4 rings (SSSR count). The number of nitrogens with two attached hydrogens (primary N) is 1. The maximum absolute atomic E-state index is 6.08. The van der Waals surface area contributed by atoms with Gasteiger partial charge >= 0.3 is 0 Å². The fourth-order valence-electron chi connectivity index (χ4n) is 4.33. The lowest BCUT2D eigenvalue weighted by Gasteiger charge is -2.27. The van der Waals surface area contributed by atoms with Crippen molar-refractivity contribution < 1.29 is 0 Å². The summed E-state index contributed by atoms with van der Waals surface area (Å²) in [5.74, 6) is 1.45.